The maximum atomic E-state index is 11.4. The van der Waals surface area contributed by atoms with Crippen molar-refractivity contribution in [2.45, 2.75) is 52.0 Å². The van der Waals surface area contributed by atoms with Crippen molar-refractivity contribution in [2.24, 2.45) is 11.3 Å². The van der Waals surface area contributed by atoms with Gasteiger partial charge in [0.15, 0.2) is 0 Å². The molecule has 98 valence electrons. The average Bonchev–Trinajstić information content (AvgIpc) is 2.25. The Morgan fingerprint density at radius 3 is 2.35 bits per heavy atom. The summed E-state index contributed by atoms with van der Waals surface area (Å²) in [7, 11) is 0. The third kappa shape index (κ3) is 3.32. The number of aliphatic carboxylic acids is 1. The molecule has 0 atom stereocenters. The number of hydrogen-bond acceptors (Lipinski definition) is 2. The minimum atomic E-state index is -0.726. The molecule has 0 aromatic heterocycles. The van der Waals surface area contributed by atoms with Gasteiger partial charge in [-0.05, 0) is 37.0 Å². The Kier molecular flexibility index (Phi) is 4.36. The van der Waals surface area contributed by atoms with E-state index in [1.165, 1.54) is 0 Å². The number of carboxylic acid groups (broad SMARTS) is 1. The van der Waals surface area contributed by atoms with E-state index in [2.05, 4.69) is 32.7 Å². The smallest absolute Gasteiger partial charge is 0.323 e. The van der Waals surface area contributed by atoms with Gasteiger partial charge in [0.25, 0.3) is 0 Å². The number of rotatable bonds is 4. The number of nitrogens with one attached hydrogen (secondary N) is 1. The topological polar surface area (TPSA) is 49.3 Å². The molecule has 1 aliphatic rings. The molecule has 0 aromatic rings. The van der Waals surface area contributed by atoms with Crippen LogP contribution in [0.5, 0.6) is 0 Å². The van der Waals surface area contributed by atoms with Gasteiger partial charge in [0.05, 0.1) is 0 Å². The van der Waals surface area contributed by atoms with Crippen LogP contribution < -0.4 is 5.32 Å². The highest BCUT2D eigenvalue weighted by molar-refractivity contribution is 5.79. The van der Waals surface area contributed by atoms with Crippen LogP contribution in [0.15, 0.2) is 12.7 Å². The molecule has 0 bridgehead atoms. The second kappa shape index (κ2) is 5.21. The van der Waals surface area contributed by atoms with Crippen molar-refractivity contribution < 1.29 is 9.90 Å². The molecular formula is C14H25NO2. The van der Waals surface area contributed by atoms with Crippen molar-refractivity contribution in [1.29, 1.82) is 0 Å². The van der Waals surface area contributed by atoms with E-state index < -0.39 is 11.5 Å². The molecule has 1 rings (SSSR count). The molecule has 0 saturated heterocycles. The normalized spacial score (nSPS) is 29.9. The number of hydrogen-bond donors (Lipinski definition) is 2. The molecule has 0 aromatic carbocycles. The van der Waals surface area contributed by atoms with E-state index in [1.807, 2.05) is 0 Å². The van der Waals surface area contributed by atoms with Crippen LogP contribution in [-0.4, -0.2) is 23.2 Å². The highest BCUT2D eigenvalue weighted by Crippen LogP contribution is 2.41. The van der Waals surface area contributed by atoms with Crippen LogP contribution in [0.2, 0.25) is 0 Å². The molecule has 0 amide bonds. The van der Waals surface area contributed by atoms with Crippen LogP contribution in [-0.2, 0) is 4.79 Å². The van der Waals surface area contributed by atoms with Crippen LogP contribution >= 0.6 is 0 Å². The second-order valence-corrected chi connectivity index (χ2v) is 6.20. The SMILES string of the molecule is C=CCNC1(C(=O)O)CCC(C(C)(C)C)CC1. The van der Waals surface area contributed by atoms with E-state index in [-0.39, 0.29) is 5.41 Å². The Labute approximate surface area is 104 Å². The average molecular weight is 239 g/mol. The summed E-state index contributed by atoms with van der Waals surface area (Å²) >= 11 is 0. The highest BCUT2D eigenvalue weighted by Gasteiger charge is 2.43. The van der Waals surface area contributed by atoms with Crippen molar-refractivity contribution in [3.8, 4) is 0 Å². The van der Waals surface area contributed by atoms with Crippen molar-refractivity contribution in [3.63, 3.8) is 0 Å². The molecule has 0 heterocycles. The fourth-order valence-electron chi connectivity index (χ4n) is 2.71. The zero-order valence-electron chi connectivity index (χ0n) is 11.3. The van der Waals surface area contributed by atoms with Gasteiger partial charge in [-0.25, -0.2) is 0 Å². The lowest BCUT2D eigenvalue weighted by atomic mass is 9.67. The summed E-state index contributed by atoms with van der Waals surface area (Å²) in [4.78, 5) is 11.4. The minimum absolute atomic E-state index is 0.281. The van der Waals surface area contributed by atoms with Gasteiger partial charge in [-0.3, -0.25) is 10.1 Å². The molecular weight excluding hydrogens is 214 g/mol. The summed E-state index contributed by atoms with van der Waals surface area (Å²) in [6.45, 7) is 10.9. The predicted octanol–water partition coefficient (Wildman–Crippen LogP) is 2.82. The molecule has 0 spiro atoms. The first kappa shape index (κ1) is 14.2. The van der Waals surface area contributed by atoms with Crippen LogP contribution in [0.25, 0.3) is 0 Å². The molecule has 1 fully saturated rings. The Bertz CT molecular complexity index is 283. The highest BCUT2D eigenvalue weighted by atomic mass is 16.4. The van der Waals surface area contributed by atoms with Crippen LogP contribution in [0.4, 0.5) is 0 Å². The Balaban J connectivity index is 2.67. The first-order valence-corrected chi connectivity index (χ1v) is 6.41. The molecule has 2 N–H and O–H groups in total. The van der Waals surface area contributed by atoms with Gasteiger partial charge in [0, 0.05) is 6.54 Å². The maximum Gasteiger partial charge on any atom is 0.323 e. The van der Waals surface area contributed by atoms with Gasteiger partial charge in [0.1, 0.15) is 5.54 Å². The van der Waals surface area contributed by atoms with Gasteiger partial charge in [0.2, 0.25) is 0 Å². The minimum Gasteiger partial charge on any atom is -0.480 e. The van der Waals surface area contributed by atoms with E-state index in [4.69, 9.17) is 0 Å². The number of carbonyl (C=O) groups is 1. The van der Waals surface area contributed by atoms with Crippen LogP contribution in [0, 0.1) is 11.3 Å². The second-order valence-electron chi connectivity index (χ2n) is 6.20. The standard InChI is InChI=1S/C14H25NO2/c1-5-10-15-14(12(16)17)8-6-11(7-9-14)13(2,3)4/h5,11,15H,1,6-10H2,2-4H3,(H,16,17). The summed E-state index contributed by atoms with van der Waals surface area (Å²) in [5, 5.41) is 12.5. The summed E-state index contributed by atoms with van der Waals surface area (Å²) in [5.74, 6) is -0.0905. The van der Waals surface area contributed by atoms with Crippen molar-refractivity contribution >= 4 is 5.97 Å². The van der Waals surface area contributed by atoms with E-state index in [1.54, 1.807) is 6.08 Å². The Hall–Kier alpha value is -0.830. The molecule has 3 heteroatoms. The van der Waals surface area contributed by atoms with E-state index in [0.29, 0.717) is 12.5 Å². The van der Waals surface area contributed by atoms with Gasteiger partial charge < -0.3 is 5.11 Å². The fraction of sp³-hybridized carbons (Fsp3) is 0.786. The lowest BCUT2D eigenvalue weighted by molar-refractivity contribution is -0.147. The Morgan fingerprint density at radius 1 is 1.47 bits per heavy atom. The van der Waals surface area contributed by atoms with Crippen molar-refractivity contribution in [2.75, 3.05) is 6.54 Å². The van der Waals surface area contributed by atoms with Crippen molar-refractivity contribution in [1.82, 2.24) is 5.32 Å². The summed E-state index contributed by atoms with van der Waals surface area (Å²) in [5.41, 5.74) is -0.445. The largest absolute Gasteiger partial charge is 0.480 e. The molecule has 3 nitrogen and oxygen atoms in total. The molecule has 0 aliphatic heterocycles. The lowest BCUT2D eigenvalue weighted by Crippen LogP contribution is -2.55. The Morgan fingerprint density at radius 2 is 2.00 bits per heavy atom. The van der Waals surface area contributed by atoms with E-state index >= 15 is 0 Å². The zero-order valence-corrected chi connectivity index (χ0v) is 11.3. The van der Waals surface area contributed by atoms with Gasteiger partial charge >= 0.3 is 5.97 Å². The van der Waals surface area contributed by atoms with Gasteiger partial charge in [-0.2, -0.15) is 0 Å². The molecule has 17 heavy (non-hydrogen) atoms. The first-order chi connectivity index (χ1) is 7.82. The van der Waals surface area contributed by atoms with Crippen LogP contribution in [0.3, 0.4) is 0 Å². The van der Waals surface area contributed by atoms with E-state index in [9.17, 15) is 9.90 Å². The predicted molar refractivity (Wildman–Crippen MR) is 70.0 cm³/mol. The summed E-state index contributed by atoms with van der Waals surface area (Å²) < 4.78 is 0. The lowest BCUT2D eigenvalue weighted by Gasteiger charge is -2.42. The third-order valence-corrected chi connectivity index (χ3v) is 4.06. The van der Waals surface area contributed by atoms with Crippen molar-refractivity contribution in [3.05, 3.63) is 12.7 Å². The first-order valence-electron chi connectivity index (χ1n) is 6.41. The van der Waals surface area contributed by atoms with Gasteiger partial charge in [-0.1, -0.05) is 26.8 Å². The maximum absolute atomic E-state index is 11.4. The van der Waals surface area contributed by atoms with Crippen LogP contribution in [0.1, 0.15) is 46.5 Å². The molecule has 1 aliphatic carbocycles. The fourth-order valence-corrected chi connectivity index (χ4v) is 2.71. The monoisotopic (exact) mass is 239 g/mol. The summed E-state index contributed by atoms with van der Waals surface area (Å²) in [6, 6.07) is 0. The molecule has 0 unspecified atom stereocenters. The van der Waals surface area contributed by atoms with Gasteiger partial charge in [-0.15, -0.1) is 6.58 Å². The number of carboxylic acids is 1. The quantitative estimate of drug-likeness (QED) is 0.742. The molecule has 1 saturated carbocycles. The molecule has 0 radical (unpaired) electrons. The third-order valence-electron chi connectivity index (χ3n) is 4.06. The summed E-state index contributed by atoms with van der Waals surface area (Å²) in [6.07, 6.45) is 5.14. The van der Waals surface area contributed by atoms with E-state index in [0.717, 1.165) is 25.7 Å². The zero-order chi connectivity index (χ0) is 13.1.